The van der Waals surface area contributed by atoms with Crippen LogP contribution in [0.4, 0.5) is 5.69 Å². The molecular weight excluding hydrogens is 434 g/mol. The summed E-state index contributed by atoms with van der Waals surface area (Å²) in [4.78, 5) is 6.06. The molecule has 1 aliphatic heterocycles. The third-order valence-corrected chi connectivity index (χ3v) is 7.22. The highest BCUT2D eigenvalue weighted by molar-refractivity contribution is 7.71. The summed E-state index contributed by atoms with van der Waals surface area (Å²) in [6, 6.07) is 23.4. The Morgan fingerprint density at radius 2 is 1.75 bits per heavy atom. The molecule has 0 bridgehead atoms. The maximum Gasteiger partial charge on any atom is 0.199 e. The molecule has 164 valence electrons. The van der Waals surface area contributed by atoms with Crippen molar-refractivity contribution in [3.63, 3.8) is 0 Å². The molecule has 0 unspecified atom stereocenters. The quantitative estimate of drug-likeness (QED) is 0.366. The average molecular weight is 462 g/mol. The zero-order valence-corrected chi connectivity index (χ0v) is 19.9. The summed E-state index contributed by atoms with van der Waals surface area (Å²) in [5.41, 5.74) is 3.85. The molecule has 2 aromatic carbocycles. The van der Waals surface area contributed by atoms with Gasteiger partial charge in [0.1, 0.15) is 0 Å². The van der Waals surface area contributed by atoms with Crippen LogP contribution in [0, 0.1) is 11.7 Å². The lowest BCUT2D eigenvalue weighted by atomic mass is 10.2. The Labute approximate surface area is 198 Å². The van der Waals surface area contributed by atoms with Crippen LogP contribution < -0.4 is 4.90 Å². The van der Waals surface area contributed by atoms with Gasteiger partial charge >= 0.3 is 0 Å². The van der Waals surface area contributed by atoms with Gasteiger partial charge < -0.3 is 4.90 Å². The molecule has 5 rings (SSSR count). The molecule has 5 nitrogen and oxygen atoms in total. The normalized spacial score (nSPS) is 14.7. The standard InChI is InChI=1S/C25H27N5S2/c1-20-7-5-10-22(17-20)28-14-12-27(13-15-28)19-30-25(31)29(18-21-8-3-2-4-9-21)24(26-30)23-11-6-16-32-23/h2-11,16-17H,12-15,18-19H2,1H3. The molecule has 7 heteroatoms. The number of thiophene rings is 1. The molecule has 0 spiro atoms. The second-order valence-electron chi connectivity index (χ2n) is 8.24. The van der Waals surface area contributed by atoms with Crippen molar-refractivity contribution in [3.05, 3.63) is 88.0 Å². The Bertz CT molecular complexity index is 1220. The summed E-state index contributed by atoms with van der Waals surface area (Å²) in [5, 5.41) is 7.05. The van der Waals surface area contributed by atoms with Gasteiger partial charge in [-0.3, -0.25) is 9.47 Å². The van der Waals surface area contributed by atoms with Crippen molar-refractivity contribution in [2.75, 3.05) is 31.1 Å². The van der Waals surface area contributed by atoms with E-state index in [2.05, 4.69) is 87.3 Å². The highest BCUT2D eigenvalue weighted by Gasteiger charge is 2.20. The molecular formula is C25H27N5S2. The molecule has 32 heavy (non-hydrogen) atoms. The highest BCUT2D eigenvalue weighted by Crippen LogP contribution is 2.25. The Balaban J connectivity index is 1.34. The molecule has 1 saturated heterocycles. The van der Waals surface area contributed by atoms with Crippen LogP contribution in [0.1, 0.15) is 11.1 Å². The van der Waals surface area contributed by atoms with Crippen molar-refractivity contribution in [2.24, 2.45) is 0 Å². The lowest BCUT2D eigenvalue weighted by Crippen LogP contribution is -2.47. The fraction of sp³-hybridized carbons (Fsp3) is 0.280. The van der Waals surface area contributed by atoms with E-state index in [4.69, 9.17) is 17.3 Å². The third-order valence-electron chi connectivity index (χ3n) is 5.92. The van der Waals surface area contributed by atoms with E-state index >= 15 is 0 Å². The Morgan fingerprint density at radius 1 is 0.938 bits per heavy atom. The number of aryl methyl sites for hydroxylation is 1. The molecule has 0 atom stereocenters. The highest BCUT2D eigenvalue weighted by atomic mass is 32.1. The fourth-order valence-corrected chi connectivity index (χ4v) is 5.16. The first kappa shape index (κ1) is 21.1. The van der Waals surface area contributed by atoms with Crippen molar-refractivity contribution >= 4 is 29.2 Å². The van der Waals surface area contributed by atoms with Crippen LogP contribution in [0.2, 0.25) is 0 Å². The Morgan fingerprint density at radius 3 is 2.47 bits per heavy atom. The summed E-state index contributed by atoms with van der Waals surface area (Å²) in [6.45, 7) is 7.62. The summed E-state index contributed by atoms with van der Waals surface area (Å²) < 4.78 is 4.94. The number of rotatable bonds is 6. The van der Waals surface area contributed by atoms with Gasteiger partial charge in [-0.25, -0.2) is 4.68 Å². The summed E-state index contributed by atoms with van der Waals surface area (Å²) in [6.07, 6.45) is 0. The van der Waals surface area contributed by atoms with Crippen LogP contribution in [0.15, 0.2) is 72.1 Å². The molecule has 1 aliphatic rings. The topological polar surface area (TPSA) is 29.2 Å². The lowest BCUT2D eigenvalue weighted by Gasteiger charge is -2.36. The minimum atomic E-state index is 0.723. The predicted molar refractivity (Wildman–Crippen MR) is 135 cm³/mol. The van der Waals surface area contributed by atoms with Gasteiger partial charge in [-0.15, -0.1) is 16.4 Å². The smallest absolute Gasteiger partial charge is 0.199 e. The minimum absolute atomic E-state index is 0.723. The largest absolute Gasteiger partial charge is 0.369 e. The second-order valence-corrected chi connectivity index (χ2v) is 9.55. The van der Waals surface area contributed by atoms with E-state index in [1.54, 1.807) is 11.3 Å². The first-order valence-corrected chi connectivity index (χ1v) is 12.3. The molecule has 4 aromatic rings. The van der Waals surface area contributed by atoms with Crippen LogP contribution >= 0.6 is 23.6 Å². The van der Waals surface area contributed by atoms with Crippen molar-refractivity contribution in [3.8, 4) is 10.7 Å². The number of nitrogens with zero attached hydrogens (tertiary/aromatic N) is 5. The van der Waals surface area contributed by atoms with Crippen molar-refractivity contribution in [1.29, 1.82) is 0 Å². The number of benzene rings is 2. The first-order valence-electron chi connectivity index (χ1n) is 11.0. The molecule has 0 radical (unpaired) electrons. The van der Waals surface area contributed by atoms with Crippen LogP contribution in [0.3, 0.4) is 0 Å². The molecule has 0 amide bonds. The minimum Gasteiger partial charge on any atom is -0.369 e. The number of piperazine rings is 1. The summed E-state index contributed by atoms with van der Waals surface area (Å²) in [5.74, 6) is 0.951. The number of hydrogen-bond donors (Lipinski definition) is 0. The van der Waals surface area contributed by atoms with E-state index in [0.29, 0.717) is 0 Å². The molecule has 0 N–H and O–H groups in total. The maximum absolute atomic E-state index is 5.90. The first-order chi connectivity index (χ1) is 15.7. The lowest BCUT2D eigenvalue weighted by molar-refractivity contribution is 0.194. The summed E-state index contributed by atoms with van der Waals surface area (Å²) in [7, 11) is 0. The van der Waals surface area contributed by atoms with E-state index in [1.807, 2.05) is 10.7 Å². The van der Waals surface area contributed by atoms with Gasteiger partial charge in [0.05, 0.1) is 18.1 Å². The van der Waals surface area contributed by atoms with E-state index < -0.39 is 0 Å². The fourth-order valence-electron chi connectivity index (χ4n) is 4.19. The molecule has 0 saturated carbocycles. The molecule has 3 heterocycles. The molecule has 0 aliphatic carbocycles. The zero-order valence-electron chi connectivity index (χ0n) is 18.2. The van der Waals surface area contributed by atoms with Crippen molar-refractivity contribution in [1.82, 2.24) is 19.2 Å². The predicted octanol–water partition coefficient (Wildman–Crippen LogP) is 5.28. The van der Waals surface area contributed by atoms with Gasteiger partial charge in [-0.1, -0.05) is 48.5 Å². The monoisotopic (exact) mass is 461 g/mol. The number of anilines is 1. The second kappa shape index (κ2) is 9.40. The van der Waals surface area contributed by atoms with Gasteiger partial charge in [0.2, 0.25) is 0 Å². The van der Waals surface area contributed by atoms with Crippen LogP contribution in [0.25, 0.3) is 10.7 Å². The average Bonchev–Trinajstić information content (AvgIpc) is 3.45. The zero-order chi connectivity index (χ0) is 21.9. The Kier molecular flexibility index (Phi) is 6.21. The van der Waals surface area contributed by atoms with Crippen LogP contribution in [-0.2, 0) is 13.2 Å². The number of aromatic nitrogens is 3. The van der Waals surface area contributed by atoms with Crippen molar-refractivity contribution in [2.45, 2.75) is 20.1 Å². The van der Waals surface area contributed by atoms with E-state index in [0.717, 1.165) is 54.9 Å². The molecule has 2 aromatic heterocycles. The van der Waals surface area contributed by atoms with E-state index in [-0.39, 0.29) is 0 Å². The maximum atomic E-state index is 5.90. The van der Waals surface area contributed by atoms with Gasteiger partial charge in [0.15, 0.2) is 10.6 Å². The Hall–Kier alpha value is -2.74. The van der Waals surface area contributed by atoms with Crippen LogP contribution in [0.5, 0.6) is 0 Å². The van der Waals surface area contributed by atoms with Gasteiger partial charge in [-0.05, 0) is 53.8 Å². The number of hydrogen-bond acceptors (Lipinski definition) is 5. The summed E-state index contributed by atoms with van der Waals surface area (Å²) >= 11 is 7.60. The van der Waals surface area contributed by atoms with E-state index in [1.165, 1.54) is 16.8 Å². The van der Waals surface area contributed by atoms with Gasteiger partial charge in [-0.2, -0.15) is 0 Å². The van der Waals surface area contributed by atoms with Gasteiger partial charge in [0, 0.05) is 31.9 Å². The van der Waals surface area contributed by atoms with E-state index in [9.17, 15) is 0 Å². The van der Waals surface area contributed by atoms with Crippen molar-refractivity contribution < 1.29 is 0 Å². The van der Waals surface area contributed by atoms with Crippen LogP contribution in [-0.4, -0.2) is 45.4 Å². The third kappa shape index (κ3) is 4.55. The SMILES string of the molecule is Cc1cccc(N2CCN(Cn3nc(-c4cccs4)n(Cc4ccccc4)c3=S)CC2)c1. The molecule has 1 fully saturated rings. The van der Waals surface area contributed by atoms with Gasteiger partial charge in [0.25, 0.3) is 0 Å².